The van der Waals surface area contributed by atoms with E-state index in [0.717, 1.165) is 18.4 Å². The van der Waals surface area contributed by atoms with E-state index < -0.39 is 10.0 Å². The topological polar surface area (TPSA) is 76.2 Å². The van der Waals surface area contributed by atoms with Crippen LogP contribution < -0.4 is 9.47 Å². The van der Waals surface area contributed by atoms with E-state index in [2.05, 4.69) is 6.92 Å². The van der Waals surface area contributed by atoms with Crippen molar-refractivity contribution in [3.63, 3.8) is 0 Å². The van der Waals surface area contributed by atoms with Crippen molar-refractivity contribution in [2.45, 2.75) is 31.6 Å². The fourth-order valence-electron chi connectivity index (χ4n) is 3.42. The molecule has 0 atom stereocenters. The van der Waals surface area contributed by atoms with Gasteiger partial charge < -0.3 is 14.4 Å². The molecule has 31 heavy (non-hydrogen) atoms. The number of aryl methyl sites for hydroxylation is 1. The predicted octanol–water partition coefficient (Wildman–Crippen LogP) is 3.33. The number of sulfonamides is 1. The number of piperazine rings is 1. The van der Waals surface area contributed by atoms with Gasteiger partial charge in [-0.2, -0.15) is 4.31 Å². The number of amides is 1. The van der Waals surface area contributed by atoms with E-state index in [9.17, 15) is 13.2 Å². The zero-order valence-corrected chi connectivity index (χ0v) is 19.2. The van der Waals surface area contributed by atoms with Crippen LogP contribution in [0.2, 0.25) is 0 Å². The molecule has 0 bridgehead atoms. The Labute approximate surface area is 184 Å². The second-order valence-corrected chi connectivity index (χ2v) is 9.51. The first-order valence-electron chi connectivity index (χ1n) is 10.5. The summed E-state index contributed by atoms with van der Waals surface area (Å²) in [5, 5.41) is 0. The molecule has 7 nitrogen and oxygen atoms in total. The van der Waals surface area contributed by atoms with Crippen molar-refractivity contribution in [1.82, 2.24) is 9.21 Å². The molecular weight excluding hydrogens is 416 g/mol. The minimum absolute atomic E-state index is 0.147. The van der Waals surface area contributed by atoms with E-state index in [1.807, 2.05) is 6.92 Å². The zero-order chi connectivity index (χ0) is 22.4. The van der Waals surface area contributed by atoms with Crippen LogP contribution in [0.25, 0.3) is 0 Å². The van der Waals surface area contributed by atoms with Gasteiger partial charge in [0.25, 0.3) is 5.91 Å². The molecule has 0 spiro atoms. The van der Waals surface area contributed by atoms with Crippen LogP contribution in [0.5, 0.6) is 11.5 Å². The zero-order valence-electron chi connectivity index (χ0n) is 18.3. The summed E-state index contributed by atoms with van der Waals surface area (Å²) in [4.78, 5) is 14.9. The highest BCUT2D eigenvalue weighted by atomic mass is 32.2. The van der Waals surface area contributed by atoms with Crippen LogP contribution in [-0.4, -0.2) is 63.4 Å². The van der Waals surface area contributed by atoms with Crippen LogP contribution in [0.3, 0.4) is 0 Å². The fraction of sp³-hybridized carbons (Fsp3) is 0.435. The van der Waals surface area contributed by atoms with Gasteiger partial charge >= 0.3 is 0 Å². The van der Waals surface area contributed by atoms with E-state index in [1.54, 1.807) is 54.5 Å². The van der Waals surface area contributed by atoms with Crippen LogP contribution in [0, 0.1) is 6.92 Å². The molecule has 1 aliphatic rings. The second-order valence-electron chi connectivity index (χ2n) is 7.58. The molecule has 3 rings (SSSR count). The molecule has 1 saturated heterocycles. The first-order valence-corrected chi connectivity index (χ1v) is 12.0. The van der Waals surface area contributed by atoms with E-state index in [-0.39, 0.29) is 23.9 Å². The first-order chi connectivity index (χ1) is 14.9. The van der Waals surface area contributed by atoms with Gasteiger partial charge in [0.15, 0.2) is 11.5 Å². The van der Waals surface area contributed by atoms with E-state index in [1.165, 1.54) is 4.31 Å². The van der Waals surface area contributed by atoms with Crippen LogP contribution in [0.1, 0.15) is 35.7 Å². The molecular formula is C23H30N2O5S. The molecule has 1 fully saturated rings. The first kappa shape index (κ1) is 23.1. The standard InChI is InChI=1S/C23H30N2O5S/c1-4-5-16-30-21-11-8-19(17-22(21)29-3)23(26)24-12-14-25(15-13-24)31(27,28)20-9-6-18(2)7-10-20/h6-11,17H,4-5,12-16H2,1-3H3. The lowest BCUT2D eigenvalue weighted by atomic mass is 10.1. The Hall–Kier alpha value is -2.58. The van der Waals surface area contributed by atoms with Crippen molar-refractivity contribution in [3.8, 4) is 11.5 Å². The van der Waals surface area contributed by atoms with Crippen molar-refractivity contribution in [2.75, 3.05) is 39.9 Å². The number of nitrogens with zero attached hydrogens (tertiary/aromatic N) is 2. The molecule has 0 aromatic heterocycles. The molecule has 2 aromatic carbocycles. The quantitative estimate of drug-likeness (QED) is 0.582. The van der Waals surface area contributed by atoms with Gasteiger partial charge in [0.1, 0.15) is 0 Å². The Bertz CT molecular complexity index is 997. The third-order valence-electron chi connectivity index (χ3n) is 5.35. The van der Waals surface area contributed by atoms with Crippen molar-refractivity contribution < 1.29 is 22.7 Å². The summed E-state index contributed by atoms with van der Waals surface area (Å²) in [6.45, 7) is 5.79. The molecule has 168 valence electrons. The summed E-state index contributed by atoms with van der Waals surface area (Å²) in [5.74, 6) is 0.981. The van der Waals surface area contributed by atoms with Crippen molar-refractivity contribution >= 4 is 15.9 Å². The van der Waals surface area contributed by atoms with Crippen molar-refractivity contribution in [3.05, 3.63) is 53.6 Å². The Morgan fingerprint density at radius 1 is 1.00 bits per heavy atom. The normalized spacial score (nSPS) is 15.0. The van der Waals surface area contributed by atoms with E-state index in [0.29, 0.717) is 36.8 Å². The molecule has 1 heterocycles. The number of ether oxygens (including phenoxy) is 2. The fourth-order valence-corrected chi connectivity index (χ4v) is 4.84. The van der Waals surface area contributed by atoms with Gasteiger partial charge in [0, 0.05) is 31.7 Å². The molecule has 8 heteroatoms. The second kappa shape index (κ2) is 10.2. The van der Waals surface area contributed by atoms with E-state index >= 15 is 0 Å². The average molecular weight is 447 g/mol. The Morgan fingerprint density at radius 3 is 2.29 bits per heavy atom. The van der Waals surface area contributed by atoms with Gasteiger partial charge in [0.05, 0.1) is 18.6 Å². The third kappa shape index (κ3) is 5.37. The number of methoxy groups -OCH3 is 1. The largest absolute Gasteiger partial charge is 0.493 e. The summed E-state index contributed by atoms with van der Waals surface area (Å²) >= 11 is 0. The van der Waals surface area contributed by atoms with E-state index in [4.69, 9.17) is 9.47 Å². The minimum atomic E-state index is -3.56. The Morgan fingerprint density at radius 2 is 1.68 bits per heavy atom. The smallest absolute Gasteiger partial charge is 0.254 e. The summed E-state index contributed by atoms with van der Waals surface area (Å²) < 4.78 is 38.3. The number of unbranched alkanes of at least 4 members (excludes halogenated alkanes) is 1. The molecule has 0 radical (unpaired) electrons. The third-order valence-corrected chi connectivity index (χ3v) is 7.26. The summed E-state index contributed by atoms with van der Waals surface area (Å²) in [6, 6.07) is 12.0. The Balaban J connectivity index is 1.65. The Kier molecular flexibility index (Phi) is 7.56. The lowest BCUT2D eigenvalue weighted by Gasteiger charge is -2.34. The number of rotatable bonds is 8. The maximum absolute atomic E-state index is 13.0. The van der Waals surface area contributed by atoms with Crippen molar-refractivity contribution in [1.29, 1.82) is 0 Å². The predicted molar refractivity (Wildman–Crippen MR) is 119 cm³/mol. The van der Waals surface area contributed by atoms with Gasteiger partial charge in [-0.1, -0.05) is 31.0 Å². The van der Waals surface area contributed by atoms with Crippen molar-refractivity contribution in [2.24, 2.45) is 0 Å². The summed E-state index contributed by atoms with van der Waals surface area (Å²) in [6.07, 6.45) is 1.98. The molecule has 1 amide bonds. The van der Waals surface area contributed by atoms with Gasteiger partial charge in [-0.15, -0.1) is 0 Å². The van der Waals surface area contributed by atoms with Crippen LogP contribution >= 0.6 is 0 Å². The molecule has 2 aromatic rings. The monoisotopic (exact) mass is 446 g/mol. The van der Waals surface area contributed by atoms with Crippen LogP contribution in [0.15, 0.2) is 47.4 Å². The maximum atomic E-state index is 13.0. The van der Waals surface area contributed by atoms with Gasteiger partial charge in [-0.05, 0) is 43.7 Å². The molecule has 0 unspecified atom stereocenters. The molecule has 0 N–H and O–H groups in total. The highest BCUT2D eigenvalue weighted by molar-refractivity contribution is 7.89. The van der Waals surface area contributed by atoms with Gasteiger partial charge in [0.2, 0.25) is 10.0 Å². The molecule has 0 aliphatic carbocycles. The SMILES string of the molecule is CCCCOc1ccc(C(=O)N2CCN(S(=O)(=O)c3ccc(C)cc3)CC2)cc1OC. The van der Waals surface area contributed by atoms with Gasteiger partial charge in [-0.25, -0.2) is 8.42 Å². The number of carbonyl (C=O) groups excluding carboxylic acids is 1. The summed E-state index contributed by atoms with van der Waals surface area (Å²) in [5.41, 5.74) is 1.50. The average Bonchev–Trinajstić information content (AvgIpc) is 2.79. The summed E-state index contributed by atoms with van der Waals surface area (Å²) in [7, 11) is -2.01. The molecule has 1 aliphatic heterocycles. The highest BCUT2D eigenvalue weighted by Gasteiger charge is 2.30. The number of hydrogen-bond acceptors (Lipinski definition) is 5. The lowest BCUT2D eigenvalue weighted by molar-refractivity contribution is 0.0697. The van der Waals surface area contributed by atoms with Gasteiger partial charge in [-0.3, -0.25) is 4.79 Å². The van der Waals surface area contributed by atoms with Crippen LogP contribution in [0.4, 0.5) is 0 Å². The maximum Gasteiger partial charge on any atom is 0.254 e. The van der Waals surface area contributed by atoms with Crippen LogP contribution in [-0.2, 0) is 10.0 Å². The molecule has 0 saturated carbocycles. The number of hydrogen-bond donors (Lipinski definition) is 0. The number of carbonyl (C=O) groups is 1. The number of benzene rings is 2. The minimum Gasteiger partial charge on any atom is -0.493 e. The highest BCUT2D eigenvalue weighted by Crippen LogP contribution is 2.29. The lowest BCUT2D eigenvalue weighted by Crippen LogP contribution is -2.50.